The van der Waals surface area contributed by atoms with Crippen LogP contribution in [0.5, 0.6) is 0 Å². The van der Waals surface area contributed by atoms with Crippen LogP contribution in [-0.4, -0.2) is 29.0 Å². The van der Waals surface area contributed by atoms with Crippen molar-refractivity contribution in [1.29, 1.82) is 0 Å². The summed E-state index contributed by atoms with van der Waals surface area (Å²) in [6.07, 6.45) is 4.95. The second-order valence-corrected chi connectivity index (χ2v) is 6.77. The van der Waals surface area contributed by atoms with Gasteiger partial charge in [0.2, 0.25) is 3.79 Å². The SMILES string of the molecule is CN(C)c1ccc(/C=C/c2ncnc(C(Cl)(Cl)Cl)n2)cc1. The maximum Gasteiger partial charge on any atom is 0.250 e. The van der Waals surface area contributed by atoms with Crippen LogP contribution in [0.15, 0.2) is 30.6 Å². The third-order valence-corrected chi connectivity index (χ3v) is 3.19. The minimum atomic E-state index is -1.65. The molecule has 0 fully saturated rings. The molecule has 0 saturated heterocycles. The molecule has 7 heteroatoms. The third-order valence-electron chi connectivity index (χ3n) is 2.68. The van der Waals surface area contributed by atoms with Crippen LogP contribution in [0, 0.1) is 0 Å². The van der Waals surface area contributed by atoms with E-state index in [4.69, 9.17) is 34.8 Å². The average Bonchev–Trinajstić information content (AvgIpc) is 2.45. The summed E-state index contributed by atoms with van der Waals surface area (Å²) in [4.78, 5) is 14.0. The van der Waals surface area contributed by atoms with Crippen LogP contribution in [0.1, 0.15) is 17.2 Å². The molecule has 1 aromatic carbocycles. The number of rotatable bonds is 3. The number of halogens is 3. The van der Waals surface area contributed by atoms with E-state index in [9.17, 15) is 0 Å². The van der Waals surface area contributed by atoms with Gasteiger partial charge < -0.3 is 4.90 Å². The highest BCUT2D eigenvalue weighted by Gasteiger charge is 2.26. The molecule has 0 amide bonds. The Balaban J connectivity index is 2.17. The molecule has 0 atom stereocenters. The lowest BCUT2D eigenvalue weighted by molar-refractivity contribution is 0.906. The van der Waals surface area contributed by atoms with Crippen molar-refractivity contribution in [2.45, 2.75) is 3.79 Å². The molecular formula is C14H13Cl3N4. The summed E-state index contributed by atoms with van der Waals surface area (Å²) < 4.78 is -1.65. The maximum atomic E-state index is 5.74. The van der Waals surface area contributed by atoms with Gasteiger partial charge in [-0.1, -0.05) is 53.0 Å². The number of nitrogens with zero attached hydrogens (tertiary/aromatic N) is 4. The highest BCUT2D eigenvalue weighted by molar-refractivity contribution is 6.66. The van der Waals surface area contributed by atoms with Gasteiger partial charge in [0.25, 0.3) is 0 Å². The number of anilines is 1. The van der Waals surface area contributed by atoms with Crippen molar-refractivity contribution in [3.8, 4) is 0 Å². The van der Waals surface area contributed by atoms with E-state index in [2.05, 4.69) is 15.0 Å². The monoisotopic (exact) mass is 342 g/mol. The van der Waals surface area contributed by atoms with Crippen LogP contribution in [-0.2, 0) is 3.79 Å². The number of hydrogen-bond acceptors (Lipinski definition) is 4. The number of benzene rings is 1. The van der Waals surface area contributed by atoms with Gasteiger partial charge in [-0.15, -0.1) is 0 Å². The number of alkyl halides is 3. The largest absolute Gasteiger partial charge is 0.378 e. The Kier molecular flexibility index (Phi) is 5.04. The molecule has 0 saturated carbocycles. The quantitative estimate of drug-likeness (QED) is 0.792. The van der Waals surface area contributed by atoms with Crippen molar-refractivity contribution in [2.24, 2.45) is 0 Å². The highest BCUT2D eigenvalue weighted by Crippen LogP contribution is 2.35. The van der Waals surface area contributed by atoms with Crippen molar-refractivity contribution < 1.29 is 0 Å². The topological polar surface area (TPSA) is 41.9 Å². The van der Waals surface area contributed by atoms with E-state index in [1.165, 1.54) is 6.33 Å². The van der Waals surface area contributed by atoms with Crippen LogP contribution in [0.2, 0.25) is 0 Å². The molecule has 1 heterocycles. The van der Waals surface area contributed by atoms with Gasteiger partial charge in [0.05, 0.1) is 0 Å². The fourth-order valence-electron chi connectivity index (χ4n) is 1.58. The molecule has 110 valence electrons. The van der Waals surface area contributed by atoms with Crippen molar-refractivity contribution in [1.82, 2.24) is 15.0 Å². The molecular weight excluding hydrogens is 331 g/mol. The summed E-state index contributed by atoms with van der Waals surface area (Å²) >= 11 is 17.2. The smallest absolute Gasteiger partial charge is 0.250 e. The molecule has 1 aromatic heterocycles. The molecule has 0 aliphatic carbocycles. The summed E-state index contributed by atoms with van der Waals surface area (Å²) in [7, 11) is 3.99. The Morgan fingerprint density at radius 3 is 2.24 bits per heavy atom. The first-order valence-electron chi connectivity index (χ1n) is 6.08. The summed E-state index contributed by atoms with van der Waals surface area (Å²) in [5.41, 5.74) is 2.15. The van der Waals surface area contributed by atoms with E-state index in [-0.39, 0.29) is 5.82 Å². The molecule has 0 unspecified atom stereocenters. The minimum absolute atomic E-state index is 0.102. The van der Waals surface area contributed by atoms with Crippen LogP contribution >= 0.6 is 34.8 Å². The molecule has 0 aliphatic heterocycles. The second kappa shape index (κ2) is 6.60. The van der Waals surface area contributed by atoms with Gasteiger partial charge >= 0.3 is 0 Å². The van der Waals surface area contributed by atoms with Gasteiger partial charge in [-0.25, -0.2) is 15.0 Å². The van der Waals surface area contributed by atoms with Gasteiger partial charge in [0, 0.05) is 19.8 Å². The van der Waals surface area contributed by atoms with Crippen LogP contribution in [0.3, 0.4) is 0 Å². The fourth-order valence-corrected chi connectivity index (χ4v) is 1.85. The van der Waals surface area contributed by atoms with E-state index in [1.54, 1.807) is 6.08 Å². The third kappa shape index (κ3) is 4.56. The lowest BCUT2D eigenvalue weighted by Crippen LogP contribution is -2.08. The van der Waals surface area contributed by atoms with Crippen molar-refractivity contribution >= 4 is 52.6 Å². The van der Waals surface area contributed by atoms with Gasteiger partial charge in [0.1, 0.15) is 6.33 Å². The lowest BCUT2D eigenvalue weighted by atomic mass is 10.2. The maximum absolute atomic E-state index is 5.74. The zero-order valence-electron chi connectivity index (χ0n) is 11.5. The van der Waals surface area contributed by atoms with Crippen molar-refractivity contribution in [3.05, 3.63) is 47.8 Å². The van der Waals surface area contributed by atoms with Crippen molar-refractivity contribution in [3.63, 3.8) is 0 Å². The van der Waals surface area contributed by atoms with Crippen LogP contribution in [0.25, 0.3) is 12.2 Å². The van der Waals surface area contributed by atoms with Crippen LogP contribution < -0.4 is 4.90 Å². The Morgan fingerprint density at radius 1 is 1.00 bits per heavy atom. The molecule has 2 aromatic rings. The molecule has 0 aliphatic rings. The van der Waals surface area contributed by atoms with E-state index < -0.39 is 3.79 Å². The first-order valence-corrected chi connectivity index (χ1v) is 7.21. The number of hydrogen-bond donors (Lipinski definition) is 0. The van der Waals surface area contributed by atoms with E-state index in [0.29, 0.717) is 5.82 Å². The summed E-state index contributed by atoms with van der Waals surface area (Å²) in [6, 6.07) is 8.06. The summed E-state index contributed by atoms with van der Waals surface area (Å²) in [6.45, 7) is 0. The molecule has 0 spiro atoms. The predicted molar refractivity (Wildman–Crippen MR) is 88.8 cm³/mol. The van der Waals surface area contributed by atoms with E-state index in [0.717, 1.165) is 11.3 Å². The summed E-state index contributed by atoms with van der Waals surface area (Å²) in [5, 5.41) is 0. The summed E-state index contributed by atoms with van der Waals surface area (Å²) in [5.74, 6) is 0.535. The standard InChI is InChI=1S/C14H13Cl3N4/c1-21(2)11-6-3-10(4-7-11)5-8-12-18-9-19-13(20-12)14(15,16)17/h3-9H,1-2H3/b8-5+. The molecule has 4 nitrogen and oxygen atoms in total. The number of aromatic nitrogens is 3. The van der Waals surface area contributed by atoms with Gasteiger partial charge in [-0.2, -0.15) is 0 Å². The van der Waals surface area contributed by atoms with E-state index in [1.807, 2.05) is 49.3 Å². The second-order valence-electron chi connectivity index (χ2n) is 4.48. The minimum Gasteiger partial charge on any atom is -0.378 e. The fraction of sp³-hybridized carbons (Fsp3) is 0.214. The molecule has 0 N–H and O–H groups in total. The van der Waals surface area contributed by atoms with Gasteiger partial charge in [-0.3, -0.25) is 0 Å². The molecule has 0 radical (unpaired) electrons. The Bertz CT molecular complexity index is 633. The Hall–Kier alpha value is -1.36. The van der Waals surface area contributed by atoms with Crippen LogP contribution in [0.4, 0.5) is 5.69 Å². The predicted octanol–water partition coefficient (Wildman–Crippen LogP) is 3.93. The van der Waals surface area contributed by atoms with Crippen molar-refractivity contribution in [2.75, 3.05) is 19.0 Å². The zero-order chi connectivity index (χ0) is 15.5. The first-order chi connectivity index (χ1) is 9.86. The highest BCUT2D eigenvalue weighted by atomic mass is 35.6. The van der Waals surface area contributed by atoms with Gasteiger partial charge in [-0.05, 0) is 23.8 Å². The molecule has 2 rings (SSSR count). The zero-order valence-corrected chi connectivity index (χ0v) is 13.7. The Labute approximate surface area is 138 Å². The van der Waals surface area contributed by atoms with E-state index >= 15 is 0 Å². The molecule has 0 bridgehead atoms. The average molecular weight is 344 g/mol. The normalized spacial score (nSPS) is 11.9. The molecule has 21 heavy (non-hydrogen) atoms. The lowest BCUT2D eigenvalue weighted by Gasteiger charge is -2.11. The first kappa shape index (κ1) is 16.0. The Morgan fingerprint density at radius 2 is 1.67 bits per heavy atom. The van der Waals surface area contributed by atoms with Gasteiger partial charge in [0.15, 0.2) is 11.6 Å².